The lowest BCUT2D eigenvalue weighted by molar-refractivity contribution is -0.144. The molecule has 0 fully saturated rings. The van der Waals surface area contributed by atoms with Gasteiger partial charge < -0.3 is 10.8 Å². The van der Waals surface area contributed by atoms with E-state index < -0.39 is 17.8 Å². The van der Waals surface area contributed by atoms with Crippen LogP contribution in [0.2, 0.25) is 0 Å². The van der Waals surface area contributed by atoms with Gasteiger partial charge in [-0.25, -0.2) is 0 Å². The summed E-state index contributed by atoms with van der Waals surface area (Å²) >= 11 is 0. The van der Waals surface area contributed by atoms with E-state index in [0.29, 0.717) is 6.42 Å². The van der Waals surface area contributed by atoms with Crippen molar-refractivity contribution in [3.8, 4) is 0 Å². The van der Waals surface area contributed by atoms with Crippen molar-refractivity contribution in [1.82, 2.24) is 0 Å². The van der Waals surface area contributed by atoms with E-state index in [9.17, 15) is 9.59 Å². The topological polar surface area (TPSA) is 80.4 Å². The maximum absolute atomic E-state index is 10.5. The SMILES string of the molecule is CCCCC(CC(N)=O)C(=O)O. The number of carboxylic acid groups (broad SMARTS) is 1. The van der Waals surface area contributed by atoms with Crippen LogP contribution in [0.5, 0.6) is 0 Å². The molecule has 0 aliphatic rings. The van der Waals surface area contributed by atoms with Crippen molar-refractivity contribution >= 4 is 11.9 Å². The molecular weight excluding hydrogens is 158 g/mol. The summed E-state index contributed by atoms with van der Waals surface area (Å²) in [6.45, 7) is 1.98. The predicted molar refractivity (Wildman–Crippen MR) is 44.5 cm³/mol. The first kappa shape index (κ1) is 10.9. The van der Waals surface area contributed by atoms with Crippen LogP contribution >= 0.6 is 0 Å². The van der Waals surface area contributed by atoms with E-state index in [-0.39, 0.29) is 6.42 Å². The molecule has 1 amide bonds. The van der Waals surface area contributed by atoms with Gasteiger partial charge in [-0.05, 0) is 6.42 Å². The van der Waals surface area contributed by atoms with Crippen molar-refractivity contribution in [3.05, 3.63) is 0 Å². The van der Waals surface area contributed by atoms with Gasteiger partial charge in [-0.15, -0.1) is 0 Å². The molecule has 0 saturated heterocycles. The van der Waals surface area contributed by atoms with Gasteiger partial charge in [0, 0.05) is 6.42 Å². The van der Waals surface area contributed by atoms with Crippen LogP contribution in [0, 0.1) is 5.92 Å². The molecule has 0 aromatic carbocycles. The van der Waals surface area contributed by atoms with E-state index in [1.165, 1.54) is 0 Å². The molecule has 1 atom stereocenters. The number of carbonyl (C=O) groups is 2. The van der Waals surface area contributed by atoms with Crippen LogP contribution in [0.3, 0.4) is 0 Å². The minimum absolute atomic E-state index is 0.0463. The Morgan fingerprint density at radius 1 is 1.50 bits per heavy atom. The maximum atomic E-state index is 10.5. The summed E-state index contributed by atoms with van der Waals surface area (Å²) in [5.41, 5.74) is 4.90. The van der Waals surface area contributed by atoms with E-state index in [2.05, 4.69) is 0 Å². The van der Waals surface area contributed by atoms with Crippen LogP contribution in [0.4, 0.5) is 0 Å². The van der Waals surface area contributed by atoms with Gasteiger partial charge >= 0.3 is 5.97 Å². The Morgan fingerprint density at radius 3 is 2.42 bits per heavy atom. The Morgan fingerprint density at radius 2 is 2.08 bits per heavy atom. The zero-order chi connectivity index (χ0) is 9.56. The number of aliphatic carboxylic acids is 1. The number of carboxylic acids is 1. The summed E-state index contributed by atoms with van der Waals surface area (Å²) in [4.78, 5) is 21.0. The predicted octanol–water partition coefficient (Wildman–Crippen LogP) is 0.753. The summed E-state index contributed by atoms with van der Waals surface area (Å²) in [6.07, 6.45) is 2.25. The van der Waals surface area contributed by atoms with Gasteiger partial charge in [0.2, 0.25) is 5.91 Å². The lowest BCUT2D eigenvalue weighted by atomic mass is 9.98. The number of hydrogen-bond acceptors (Lipinski definition) is 2. The fourth-order valence-electron chi connectivity index (χ4n) is 1.01. The Labute approximate surface area is 71.8 Å². The fourth-order valence-corrected chi connectivity index (χ4v) is 1.01. The molecule has 0 radical (unpaired) electrons. The van der Waals surface area contributed by atoms with E-state index in [1.807, 2.05) is 6.92 Å². The van der Waals surface area contributed by atoms with Crippen LogP contribution in [0.15, 0.2) is 0 Å². The summed E-state index contributed by atoms with van der Waals surface area (Å²) in [5.74, 6) is -2.07. The van der Waals surface area contributed by atoms with E-state index in [1.54, 1.807) is 0 Å². The molecule has 1 unspecified atom stereocenters. The van der Waals surface area contributed by atoms with E-state index in [4.69, 9.17) is 10.8 Å². The van der Waals surface area contributed by atoms with Crippen molar-refractivity contribution in [2.24, 2.45) is 11.7 Å². The smallest absolute Gasteiger partial charge is 0.307 e. The van der Waals surface area contributed by atoms with Crippen LogP contribution in [-0.2, 0) is 9.59 Å². The van der Waals surface area contributed by atoms with Crippen LogP contribution in [0.25, 0.3) is 0 Å². The Kier molecular flexibility index (Phi) is 5.08. The first-order valence-electron chi connectivity index (χ1n) is 4.09. The Bertz CT molecular complexity index is 168. The third-order valence-corrected chi connectivity index (χ3v) is 1.70. The molecule has 0 heterocycles. The summed E-state index contributed by atoms with van der Waals surface area (Å²) in [5, 5.41) is 8.64. The molecule has 12 heavy (non-hydrogen) atoms. The number of rotatable bonds is 6. The van der Waals surface area contributed by atoms with Crippen LogP contribution < -0.4 is 5.73 Å². The third-order valence-electron chi connectivity index (χ3n) is 1.70. The monoisotopic (exact) mass is 173 g/mol. The molecular formula is C8H15NO3. The first-order chi connectivity index (χ1) is 5.57. The van der Waals surface area contributed by atoms with Gasteiger partial charge in [0.25, 0.3) is 0 Å². The average Bonchev–Trinajstić information content (AvgIpc) is 1.96. The van der Waals surface area contributed by atoms with Crippen LogP contribution in [-0.4, -0.2) is 17.0 Å². The molecule has 0 aromatic rings. The zero-order valence-electron chi connectivity index (χ0n) is 7.25. The summed E-state index contributed by atoms with van der Waals surface area (Å²) < 4.78 is 0. The average molecular weight is 173 g/mol. The third kappa shape index (κ3) is 4.71. The van der Waals surface area contributed by atoms with Crippen molar-refractivity contribution in [2.45, 2.75) is 32.6 Å². The molecule has 70 valence electrons. The quantitative estimate of drug-likeness (QED) is 0.622. The molecule has 4 heteroatoms. The first-order valence-corrected chi connectivity index (χ1v) is 4.09. The molecule has 0 aromatic heterocycles. The molecule has 0 bridgehead atoms. The van der Waals surface area contributed by atoms with E-state index in [0.717, 1.165) is 12.8 Å². The summed E-state index contributed by atoms with van der Waals surface area (Å²) in [7, 11) is 0. The number of carbonyl (C=O) groups excluding carboxylic acids is 1. The van der Waals surface area contributed by atoms with Gasteiger partial charge in [-0.1, -0.05) is 19.8 Å². The largest absolute Gasteiger partial charge is 0.481 e. The highest BCUT2D eigenvalue weighted by atomic mass is 16.4. The number of primary amides is 1. The highest BCUT2D eigenvalue weighted by molar-refractivity contribution is 5.80. The molecule has 0 rings (SSSR count). The minimum atomic E-state index is -0.928. The second-order valence-electron chi connectivity index (χ2n) is 2.85. The number of amides is 1. The molecule has 0 saturated carbocycles. The lowest BCUT2D eigenvalue weighted by Crippen LogP contribution is -2.22. The second kappa shape index (κ2) is 5.57. The zero-order valence-corrected chi connectivity index (χ0v) is 7.25. The number of unbranched alkanes of at least 4 members (excludes halogenated alkanes) is 1. The number of nitrogens with two attached hydrogens (primary N) is 1. The van der Waals surface area contributed by atoms with Gasteiger partial charge in [0.1, 0.15) is 0 Å². The van der Waals surface area contributed by atoms with Gasteiger partial charge in [0.15, 0.2) is 0 Å². The number of hydrogen-bond donors (Lipinski definition) is 2. The van der Waals surface area contributed by atoms with Crippen molar-refractivity contribution in [3.63, 3.8) is 0 Å². The molecule has 4 nitrogen and oxygen atoms in total. The summed E-state index contributed by atoms with van der Waals surface area (Å²) in [6, 6.07) is 0. The Balaban J connectivity index is 3.87. The standard InChI is InChI=1S/C8H15NO3/c1-2-3-4-6(8(11)12)5-7(9)10/h6H,2-5H2,1H3,(H2,9,10)(H,11,12). The van der Waals surface area contributed by atoms with Crippen molar-refractivity contribution < 1.29 is 14.7 Å². The van der Waals surface area contributed by atoms with Gasteiger partial charge in [0.05, 0.1) is 5.92 Å². The minimum Gasteiger partial charge on any atom is -0.481 e. The highest BCUT2D eigenvalue weighted by Gasteiger charge is 2.18. The van der Waals surface area contributed by atoms with Crippen LogP contribution in [0.1, 0.15) is 32.6 Å². The molecule has 0 aliphatic carbocycles. The van der Waals surface area contributed by atoms with Gasteiger partial charge in [-0.3, -0.25) is 9.59 Å². The van der Waals surface area contributed by atoms with Gasteiger partial charge in [-0.2, -0.15) is 0 Å². The molecule has 0 spiro atoms. The second-order valence-corrected chi connectivity index (χ2v) is 2.85. The molecule has 0 aliphatic heterocycles. The normalized spacial score (nSPS) is 12.4. The maximum Gasteiger partial charge on any atom is 0.307 e. The molecule has 3 N–H and O–H groups in total. The highest BCUT2D eigenvalue weighted by Crippen LogP contribution is 2.12. The Hall–Kier alpha value is -1.06. The lowest BCUT2D eigenvalue weighted by Gasteiger charge is -2.08. The van der Waals surface area contributed by atoms with Crippen molar-refractivity contribution in [1.29, 1.82) is 0 Å². The fraction of sp³-hybridized carbons (Fsp3) is 0.750. The van der Waals surface area contributed by atoms with Crippen molar-refractivity contribution in [2.75, 3.05) is 0 Å². The van der Waals surface area contributed by atoms with E-state index >= 15 is 0 Å².